The Morgan fingerprint density at radius 2 is 1.83 bits per heavy atom. The van der Waals surface area contributed by atoms with E-state index in [1.54, 1.807) is 18.2 Å². The summed E-state index contributed by atoms with van der Waals surface area (Å²) in [6, 6.07) is 9.41. The third kappa shape index (κ3) is 2.70. The van der Waals surface area contributed by atoms with Gasteiger partial charge in [-0.15, -0.1) is 0 Å². The lowest BCUT2D eigenvalue weighted by atomic mass is 10.2. The van der Waals surface area contributed by atoms with Crippen molar-refractivity contribution in [1.29, 1.82) is 0 Å². The molecule has 0 spiro atoms. The van der Waals surface area contributed by atoms with E-state index in [4.69, 9.17) is 4.42 Å². The maximum absolute atomic E-state index is 11.5. The summed E-state index contributed by atoms with van der Waals surface area (Å²) in [7, 11) is -3.44. The molecule has 0 aliphatic carbocycles. The van der Waals surface area contributed by atoms with Crippen molar-refractivity contribution in [3.8, 4) is 11.3 Å². The molecule has 0 bridgehead atoms. The van der Waals surface area contributed by atoms with Crippen LogP contribution in [0.1, 0.15) is 0 Å². The smallest absolute Gasteiger partial charge is 0.337 e. The Bertz CT molecular complexity index is 747. The van der Waals surface area contributed by atoms with Crippen LogP contribution in [0.2, 0.25) is 0 Å². The molecule has 1 aromatic carbocycles. The van der Waals surface area contributed by atoms with Gasteiger partial charge in [0.25, 0.3) is 0 Å². The van der Waals surface area contributed by atoms with Gasteiger partial charge < -0.3 is 4.42 Å². The topological polar surface area (TPSA) is 64.3 Å². The quantitative estimate of drug-likeness (QED) is 0.849. The summed E-state index contributed by atoms with van der Waals surface area (Å²) < 4.78 is 28.7. The zero-order valence-corrected chi connectivity index (χ0v) is 11.8. The van der Waals surface area contributed by atoms with Gasteiger partial charge in [0.15, 0.2) is 9.84 Å². The molecule has 2 rings (SSSR count). The molecule has 0 saturated carbocycles. The van der Waals surface area contributed by atoms with Crippen molar-refractivity contribution in [3.63, 3.8) is 0 Å². The highest BCUT2D eigenvalue weighted by atomic mass is 79.9. The fraction of sp³-hybridized carbons (Fsp3) is 0.0833. The van der Waals surface area contributed by atoms with Crippen LogP contribution in [0.3, 0.4) is 0 Å². The standard InChI is InChI=1S/C12H9BrO4S/c1-18(15,16)8-6-11(17-12(14)7-8)9-4-2-3-5-10(9)13/h2-7H,1H3. The average molecular weight is 329 g/mol. The second kappa shape index (κ2) is 4.70. The Morgan fingerprint density at radius 3 is 2.44 bits per heavy atom. The molecule has 0 N–H and O–H groups in total. The maximum atomic E-state index is 11.5. The molecule has 0 radical (unpaired) electrons. The van der Waals surface area contributed by atoms with Gasteiger partial charge in [-0.3, -0.25) is 0 Å². The van der Waals surface area contributed by atoms with Crippen molar-refractivity contribution in [2.75, 3.05) is 6.26 Å². The minimum absolute atomic E-state index is 0.0514. The zero-order valence-electron chi connectivity index (χ0n) is 9.38. The van der Waals surface area contributed by atoms with Crippen molar-refractivity contribution in [2.45, 2.75) is 4.90 Å². The highest BCUT2D eigenvalue weighted by Crippen LogP contribution is 2.28. The van der Waals surface area contributed by atoms with Crippen LogP contribution in [0.15, 0.2) is 55.0 Å². The second-order valence-corrected chi connectivity index (χ2v) is 6.60. The van der Waals surface area contributed by atoms with E-state index < -0.39 is 15.5 Å². The van der Waals surface area contributed by atoms with Crippen LogP contribution in [0.5, 0.6) is 0 Å². The number of hydrogen-bond donors (Lipinski definition) is 0. The highest BCUT2D eigenvalue weighted by Gasteiger charge is 2.13. The minimum atomic E-state index is -3.44. The van der Waals surface area contributed by atoms with Crippen LogP contribution in [0.25, 0.3) is 11.3 Å². The molecular formula is C12H9BrO4S. The summed E-state index contributed by atoms with van der Waals surface area (Å²) in [5.41, 5.74) is -0.0659. The number of benzene rings is 1. The average Bonchev–Trinajstić information content (AvgIpc) is 2.27. The zero-order chi connectivity index (χ0) is 13.3. The molecule has 0 atom stereocenters. The van der Waals surface area contributed by atoms with Gasteiger partial charge in [-0.2, -0.15) is 0 Å². The normalized spacial score (nSPS) is 11.4. The molecule has 0 amide bonds. The summed E-state index contributed by atoms with van der Waals surface area (Å²) in [6.07, 6.45) is 1.05. The molecule has 1 aromatic heterocycles. The lowest BCUT2D eigenvalue weighted by Gasteiger charge is -2.04. The van der Waals surface area contributed by atoms with Crippen LogP contribution in [0.4, 0.5) is 0 Å². The van der Waals surface area contributed by atoms with E-state index in [0.29, 0.717) is 5.56 Å². The molecule has 94 valence electrons. The molecule has 0 aliphatic rings. The predicted molar refractivity (Wildman–Crippen MR) is 71.2 cm³/mol. The van der Waals surface area contributed by atoms with Gasteiger partial charge in [0.1, 0.15) is 5.76 Å². The molecule has 0 unspecified atom stereocenters. The summed E-state index contributed by atoms with van der Waals surface area (Å²) in [5.74, 6) is 0.218. The van der Waals surface area contributed by atoms with E-state index in [1.165, 1.54) is 6.07 Å². The predicted octanol–water partition coefficient (Wildman–Crippen LogP) is 2.47. The first-order valence-corrected chi connectivity index (χ1v) is 7.66. The van der Waals surface area contributed by atoms with Crippen LogP contribution in [0, 0.1) is 0 Å². The first-order valence-electron chi connectivity index (χ1n) is 4.98. The number of sulfone groups is 1. The van der Waals surface area contributed by atoms with Crippen LogP contribution in [-0.2, 0) is 9.84 Å². The Morgan fingerprint density at radius 1 is 1.17 bits per heavy atom. The van der Waals surface area contributed by atoms with Crippen molar-refractivity contribution in [1.82, 2.24) is 0 Å². The van der Waals surface area contributed by atoms with E-state index in [-0.39, 0.29) is 10.7 Å². The maximum Gasteiger partial charge on any atom is 0.337 e. The molecule has 1 heterocycles. The first kappa shape index (κ1) is 13.0. The number of rotatable bonds is 2. The van der Waals surface area contributed by atoms with Gasteiger partial charge >= 0.3 is 5.63 Å². The van der Waals surface area contributed by atoms with Gasteiger partial charge in [-0.25, -0.2) is 13.2 Å². The van der Waals surface area contributed by atoms with E-state index in [2.05, 4.69) is 15.9 Å². The van der Waals surface area contributed by atoms with Crippen LogP contribution in [-0.4, -0.2) is 14.7 Å². The van der Waals surface area contributed by atoms with E-state index in [0.717, 1.165) is 16.8 Å². The van der Waals surface area contributed by atoms with E-state index >= 15 is 0 Å². The molecular weight excluding hydrogens is 320 g/mol. The van der Waals surface area contributed by atoms with Crippen molar-refractivity contribution in [3.05, 3.63) is 51.3 Å². The summed E-state index contributed by atoms with van der Waals surface area (Å²) in [6.45, 7) is 0. The lowest BCUT2D eigenvalue weighted by molar-refractivity contribution is 0.518. The Kier molecular flexibility index (Phi) is 3.41. The summed E-state index contributed by atoms with van der Waals surface area (Å²) >= 11 is 3.32. The highest BCUT2D eigenvalue weighted by molar-refractivity contribution is 9.10. The van der Waals surface area contributed by atoms with Crippen molar-refractivity contribution < 1.29 is 12.8 Å². The molecule has 2 aromatic rings. The third-order valence-electron chi connectivity index (χ3n) is 2.31. The molecule has 4 nitrogen and oxygen atoms in total. The molecule has 0 aliphatic heterocycles. The fourth-order valence-electron chi connectivity index (χ4n) is 1.46. The SMILES string of the molecule is CS(=O)(=O)c1cc(-c2ccccc2Br)oc(=O)c1. The van der Waals surface area contributed by atoms with Gasteiger partial charge in [0.05, 0.1) is 4.90 Å². The molecule has 18 heavy (non-hydrogen) atoms. The van der Waals surface area contributed by atoms with Crippen LogP contribution < -0.4 is 5.63 Å². The van der Waals surface area contributed by atoms with Gasteiger partial charge in [-0.05, 0) is 6.07 Å². The van der Waals surface area contributed by atoms with E-state index in [1.807, 2.05) is 6.07 Å². The Hall–Kier alpha value is -1.40. The van der Waals surface area contributed by atoms with Gasteiger partial charge in [-0.1, -0.05) is 34.1 Å². The first-order chi connectivity index (χ1) is 8.38. The number of halogens is 1. The summed E-state index contributed by atoms with van der Waals surface area (Å²) in [4.78, 5) is 11.3. The van der Waals surface area contributed by atoms with Gasteiger partial charge in [0.2, 0.25) is 0 Å². The van der Waals surface area contributed by atoms with E-state index in [9.17, 15) is 13.2 Å². The van der Waals surface area contributed by atoms with Gasteiger partial charge in [0, 0.05) is 28.4 Å². The monoisotopic (exact) mass is 328 g/mol. The Balaban J connectivity index is 2.71. The molecule has 0 saturated heterocycles. The largest absolute Gasteiger partial charge is 0.423 e. The minimum Gasteiger partial charge on any atom is -0.423 e. The second-order valence-electron chi connectivity index (χ2n) is 3.73. The molecule has 0 fully saturated rings. The fourth-order valence-corrected chi connectivity index (χ4v) is 2.57. The van der Waals surface area contributed by atoms with Crippen molar-refractivity contribution in [2.24, 2.45) is 0 Å². The van der Waals surface area contributed by atoms with Crippen molar-refractivity contribution >= 4 is 25.8 Å². The Labute approximate surface area is 112 Å². The van der Waals surface area contributed by atoms with Crippen LogP contribution >= 0.6 is 15.9 Å². The third-order valence-corrected chi connectivity index (χ3v) is 4.09. The molecule has 6 heteroatoms. The lowest BCUT2D eigenvalue weighted by Crippen LogP contribution is -2.05. The number of hydrogen-bond acceptors (Lipinski definition) is 4. The summed E-state index contributed by atoms with van der Waals surface area (Å²) in [5, 5.41) is 0.